The average Bonchev–Trinajstić information content (AvgIpc) is 3.27. The molecular formula is C31H20N4. The lowest BCUT2D eigenvalue weighted by molar-refractivity contribution is 1.07. The van der Waals surface area contributed by atoms with Gasteiger partial charge in [-0.05, 0) is 17.7 Å². The minimum Gasteiger partial charge on any atom is -0.293 e. The molecule has 35 heavy (non-hydrogen) atoms. The van der Waals surface area contributed by atoms with Crippen LogP contribution in [0.15, 0.2) is 122 Å². The van der Waals surface area contributed by atoms with Crippen molar-refractivity contribution in [1.29, 1.82) is 0 Å². The van der Waals surface area contributed by atoms with Crippen LogP contribution < -0.4 is 0 Å². The van der Waals surface area contributed by atoms with Crippen molar-refractivity contribution >= 4 is 32.7 Å². The van der Waals surface area contributed by atoms with Gasteiger partial charge in [0.05, 0.1) is 21.9 Å². The SMILES string of the molecule is c1ccc(-c2nc(-n3c4ccccc4c4ccccc43)c3cncc(-c4ccccc4)c3n2)cc1. The lowest BCUT2D eigenvalue weighted by Crippen LogP contribution is -2.04. The summed E-state index contributed by atoms with van der Waals surface area (Å²) in [6.07, 6.45) is 3.78. The maximum absolute atomic E-state index is 5.16. The van der Waals surface area contributed by atoms with Crippen LogP contribution in [0.2, 0.25) is 0 Å². The van der Waals surface area contributed by atoms with Crippen molar-refractivity contribution in [3.8, 4) is 28.3 Å². The van der Waals surface area contributed by atoms with E-state index in [-0.39, 0.29) is 0 Å². The third-order valence-corrected chi connectivity index (χ3v) is 6.50. The summed E-state index contributed by atoms with van der Waals surface area (Å²) < 4.78 is 2.25. The zero-order valence-corrected chi connectivity index (χ0v) is 18.8. The van der Waals surface area contributed by atoms with Crippen molar-refractivity contribution in [3.63, 3.8) is 0 Å². The highest BCUT2D eigenvalue weighted by Crippen LogP contribution is 2.36. The summed E-state index contributed by atoms with van der Waals surface area (Å²) in [4.78, 5) is 14.9. The van der Waals surface area contributed by atoms with Gasteiger partial charge in [0.2, 0.25) is 0 Å². The fourth-order valence-electron chi connectivity index (χ4n) is 4.90. The number of nitrogens with zero attached hydrogens (tertiary/aromatic N) is 4. The fourth-order valence-corrected chi connectivity index (χ4v) is 4.90. The molecule has 0 aliphatic carbocycles. The molecule has 0 N–H and O–H groups in total. The van der Waals surface area contributed by atoms with Crippen LogP contribution in [0, 0.1) is 0 Å². The predicted molar refractivity (Wildman–Crippen MR) is 143 cm³/mol. The molecule has 7 rings (SSSR count). The summed E-state index contributed by atoms with van der Waals surface area (Å²) in [5.74, 6) is 1.52. The highest BCUT2D eigenvalue weighted by Gasteiger charge is 2.19. The first-order chi connectivity index (χ1) is 17.4. The molecule has 0 unspecified atom stereocenters. The van der Waals surface area contributed by atoms with Crippen molar-refractivity contribution in [2.75, 3.05) is 0 Å². The summed E-state index contributed by atoms with van der Waals surface area (Å²) in [6.45, 7) is 0. The van der Waals surface area contributed by atoms with Crippen molar-refractivity contribution in [3.05, 3.63) is 122 Å². The van der Waals surface area contributed by atoms with E-state index in [4.69, 9.17) is 9.97 Å². The van der Waals surface area contributed by atoms with Gasteiger partial charge < -0.3 is 0 Å². The van der Waals surface area contributed by atoms with Crippen LogP contribution in [-0.4, -0.2) is 19.5 Å². The van der Waals surface area contributed by atoms with Gasteiger partial charge in [-0.3, -0.25) is 9.55 Å². The van der Waals surface area contributed by atoms with Crippen molar-refractivity contribution in [1.82, 2.24) is 19.5 Å². The third-order valence-electron chi connectivity index (χ3n) is 6.50. The minimum atomic E-state index is 0.693. The molecule has 0 radical (unpaired) electrons. The van der Waals surface area contributed by atoms with Gasteiger partial charge in [-0.15, -0.1) is 0 Å². The molecule has 0 spiro atoms. The first kappa shape index (κ1) is 19.6. The second-order valence-electron chi connectivity index (χ2n) is 8.56. The Morgan fingerprint density at radius 2 is 1.06 bits per heavy atom. The lowest BCUT2D eigenvalue weighted by Gasteiger charge is -2.14. The minimum absolute atomic E-state index is 0.693. The van der Waals surface area contributed by atoms with E-state index in [1.807, 2.05) is 48.8 Å². The first-order valence-corrected chi connectivity index (χ1v) is 11.6. The number of benzene rings is 4. The second-order valence-corrected chi connectivity index (χ2v) is 8.56. The monoisotopic (exact) mass is 448 g/mol. The molecule has 7 aromatic rings. The molecule has 3 aromatic heterocycles. The van der Waals surface area contributed by atoms with Crippen molar-refractivity contribution < 1.29 is 0 Å². The van der Waals surface area contributed by atoms with E-state index in [1.165, 1.54) is 10.8 Å². The fraction of sp³-hybridized carbons (Fsp3) is 0. The molecule has 0 fully saturated rings. The average molecular weight is 449 g/mol. The molecule has 0 saturated heterocycles. The maximum Gasteiger partial charge on any atom is 0.162 e. The summed E-state index contributed by atoms with van der Waals surface area (Å²) in [5, 5.41) is 3.31. The van der Waals surface area contributed by atoms with Crippen LogP contribution >= 0.6 is 0 Å². The highest BCUT2D eigenvalue weighted by atomic mass is 15.1. The number of rotatable bonds is 3. The molecule has 0 aliphatic heterocycles. The topological polar surface area (TPSA) is 43.6 Å². The molecule has 4 heteroatoms. The molecule has 0 aliphatic rings. The van der Waals surface area contributed by atoms with E-state index < -0.39 is 0 Å². The lowest BCUT2D eigenvalue weighted by atomic mass is 10.0. The third kappa shape index (κ3) is 3.11. The smallest absolute Gasteiger partial charge is 0.162 e. The Morgan fingerprint density at radius 1 is 0.486 bits per heavy atom. The van der Waals surface area contributed by atoms with E-state index in [0.717, 1.165) is 44.4 Å². The van der Waals surface area contributed by atoms with Crippen LogP contribution in [-0.2, 0) is 0 Å². The Kier molecular flexibility index (Phi) is 4.42. The molecule has 0 atom stereocenters. The van der Waals surface area contributed by atoms with Crippen molar-refractivity contribution in [2.24, 2.45) is 0 Å². The van der Waals surface area contributed by atoms with Gasteiger partial charge in [-0.25, -0.2) is 9.97 Å². The van der Waals surface area contributed by atoms with E-state index in [0.29, 0.717) is 5.82 Å². The Balaban J connectivity index is 1.65. The Hall–Kier alpha value is -4.83. The van der Waals surface area contributed by atoms with E-state index in [9.17, 15) is 0 Å². The number of hydrogen-bond donors (Lipinski definition) is 0. The summed E-state index contributed by atoms with van der Waals surface area (Å²) in [5.41, 5.74) is 6.15. The van der Waals surface area contributed by atoms with E-state index >= 15 is 0 Å². The predicted octanol–water partition coefficient (Wildman–Crippen LogP) is 7.46. The summed E-state index contributed by atoms with van der Waals surface area (Å²) in [7, 11) is 0. The number of fused-ring (bicyclic) bond motifs is 4. The number of para-hydroxylation sites is 2. The van der Waals surface area contributed by atoms with Crippen LogP contribution in [0.4, 0.5) is 0 Å². The Labute approximate surface area is 202 Å². The maximum atomic E-state index is 5.16. The van der Waals surface area contributed by atoms with Gasteiger partial charge in [-0.2, -0.15) is 0 Å². The van der Waals surface area contributed by atoms with Crippen molar-refractivity contribution in [2.45, 2.75) is 0 Å². The van der Waals surface area contributed by atoms with Crippen LogP contribution in [0.5, 0.6) is 0 Å². The molecule has 0 amide bonds. The van der Waals surface area contributed by atoms with Crippen LogP contribution in [0.3, 0.4) is 0 Å². The Bertz CT molecular complexity index is 1780. The van der Waals surface area contributed by atoms with Gasteiger partial charge in [0.25, 0.3) is 0 Å². The molecule has 0 saturated carbocycles. The van der Waals surface area contributed by atoms with E-state index in [2.05, 4.69) is 82.3 Å². The number of hydrogen-bond acceptors (Lipinski definition) is 3. The van der Waals surface area contributed by atoms with E-state index in [1.54, 1.807) is 0 Å². The molecular weight excluding hydrogens is 428 g/mol. The van der Waals surface area contributed by atoms with Gasteiger partial charge in [0.1, 0.15) is 0 Å². The molecule has 164 valence electrons. The molecule has 3 heterocycles. The quantitative estimate of drug-likeness (QED) is 0.282. The summed E-state index contributed by atoms with van der Waals surface area (Å²) >= 11 is 0. The zero-order valence-electron chi connectivity index (χ0n) is 18.8. The standard InChI is InChI=1S/C31H20N4/c1-3-11-21(12-4-1)25-19-32-20-26-29(25)33-30(22-13-5-2-6-14-22)34-31(26)35-27-17-9-7-15-23(27)24-16-8-10-18-28(24)35/h1-20H. The normalized spacial score (nSPS) is 11.4. The Morgan fingerprint density at radius 3 is 1.71 bits per heavy atom. The molecule has 4 nitrogen and oxygen atoms in total. The highest BCUT2D eigenvalue weighted by molar-refractivity contribution is 6.10. The zero-order chi connectivity index (χ0) is 23.2. The first-order valence-electron chi connectivity index (χ1n) is 11.6. The van der Waals surface area contributed by atoms with Crippen LogP contribution in [0.1, 0.15) is 0 Å². The molecule has 4 aromatic carbocycles. The number of pyridine rings is 1. The van der Waals surface area contributed by atoms with Gasteiger partial charge in [0.15, 0.2) is 11.6 Å². The van der Waals surface area contributed by atoms with Gasteiger partial charge >= 0.3 is 0 Å². The second kappa shape index (κ2) is 7.89. The number of aromatic nitrogens is 4. The largest absolute Gasteiger partial charge is 0.293 e. The molecule has 0 bridgehead atoms. The summed E-state index contributed by atoms with van der Waals surface area (Å²) in [6, 6.07) is 37.4. The van der Waals surface area contributed by atoms with Gasteiger partial charge in [-0.1, -0.05) is 97.1 Å². The van der Waals surface area contributed by atoms with Crippen LogP contribution in [0.25, 0.3) is 61.0 Å². The van der Waals surface area contributed by atoms with Gasteiger partial charge in [0, 0.05) is 34.3 Å².